The number of amides is 3. The van der Waals surface area contributed by atoms with Gasteiger partial charge in [0.15, 0.2) is 0 Å². The number of benzene rings is 2. The van der Waals surface area contributed by atoms with Crippen molar-refractivity contribution in [1.82, 2.24) is 15.1 Å². The number of hydrogen-bond acceptors (Lipinski definition) is 5. The van der Waals surface area contributed by atoms with Gasteiger partial charge in [-0.1, -0.05) is 81.4 Å². The number of carbonyl (C=O) groups is 2. The summed E-state index contributed by atoms with van der Waals surface area (Å²) in [5, 5.41) is 3.27. The third-order valence-corrected chi connectivity index (χ3v) is 8.00. The van der Waals surface area contributed by atoms with E-state index in [1.807, 2.05) is 60.7 Å². The van der Waals surface area contributed by atoms with Crippen molar-refractivity contribution in [3.63, 3.8) is 0 Å². The fraction of sp³-hybridized carbons (Fsp3) is 0.467. The lowest BCUT2D eigenvalue weighted by molar-refractivity contribution is -0.132. The van der Waals surface area contributed by atoms with Gasteiger partial charge in [-0.15, -0.1) is 0 Å². The first-order chi connectivity index (χ1) is 18.2. The first kappa shape index (κ1) is 26.1. The van der Waals surface area contributed by atoms with Crippen LogP contribution in [0.1, 0.15) is 51.2 Å². The van der Waals surface area contributed by atoms with Crippen LogP contribution in [-0.4, -0.2) is 71.7 Å². The van der Waals surface area contributed by atoms with Crippen molar-refractivity contribution in [1.29, 1.82) is 0 Å². The van der Waals surface area contributed by atoms with Gasteiger partial charge in [-0.2, -0.15) is 0 Å². The Kier molecular flexibility index (Phi) is 7.09. The highest BCUT2D eigenvalue weighted by Gasteiger charge is 2.49. The highest BCUT2D eigenvalue weighted by atomic mass is 16.2. The standard InChI is InChI=1S/C30H38N6O2/c1-29(2)18-23(34-28(38)36-17-15-33-26(36)22-12-8-5-9-13-22)19-30(3,20-29)24(31)27(37)35-16-14-32-25(35)21-10-6-4-7-11-21/h4-13,23-24H,14-20,31H2,1-3H3,(H,34,38). The van der Waals surface area contributed by atoms with Crippen LogP contribution in [0, 0.1) is 10.8 Å². The number of nitrogens with zero attached hydrogens (tertiary/aromatic N) is 4. The van der Waals surface area contributed by atoms with E-state index in [0.29, 0.717) is 44.3 Å². The molecule has 200 valence electrons. The molecule has 0 spiro atoms. The number of urea groups is 1. The second-order valence-corrected chi connectivity index (χ2v) is 11.8. The second-order valence-electron chi connectivity index (χ2n) is 11.8. The largest absolute Gasteiger partial charge is 0.335 e. The fourth-order valence-electron chi connectivity index (χ4n) is 6.57. The van der Waals surface area contributed by atoms with E-state index in [0.717, 1.165) is 24.0 Å². The lowest BCUT2D eigenvalue weighted by Crippen LogP contribution is -2.59. The van der Waals surface area contributed by atoms with Crippen LogP contribution < -0.4 is 11.1 Å². The van der Waals surface area contributed by atoms with Crippen molar-refractivity contribution in [3.05, 3.63) is 71.8 Å². The van der Waals surface area contributed by atoms with Crippen LogP contribution in [0.4, 0.5) is 4.79 Å². The van der Waals surface area contributed by atoms with E-state index in [-0.39, 0.29) is 23.4 Å². The molecule has 1 fully saturated rings. The first-order valence-electron chi connectivity index (χ1n) is 13.5. The maximum Gasteiger partial charge on any atom is 0.323 e. The van der Waals surface area contributed by atoms with Gasteiger partial charge < -0.3 is 11.1 Å². The summed E-state index contributed by atoms with van der Waals surface area (Å²) >= 11 is 0. The van der Waals surface area contributed by atoms with Crippen molar-refractivity contribution in [2.45, 2.75) is 52.1 Å². The lowest BCUT2D eigenvalue weighted by Gasteiger charge is -2.49. The number of rotatable bonds is 5. The zero-order chi connectivity index (χ0) is 26.9. The number of nitrogens with two attached hydrogens (primary N) is 1. The Morgan fingerprint density at radius 1 is 0.868 bits per heavy atom. The maximum absolute atomic E-state index is 13.8. The van der Waals surface area contributed by atoms with E-state index in [2.05, 4.69) is 36.1 Å². The highest BCUT2D eigenvalue weighted by molar-refractivity contribution is 6.10. The minimum absolute atomic E-state index is 0.0917. The number of amidine groups is 2. The van der Waals surface area contributed by atoms with Crippen LogP contribution in [-0.2, 0) is 4.79 Å². The molecule has 38 heavy (non-hydrogen) atoms. The van der Waals surface area contributed by atoms with Gasteiger partial charge in [-0.3, -0.25) is 24.6 Å². The van der Waals surface area contributed by atoms with Gasteiger partial charge in [0.2, 0.25) is 5.91 Å². The maximum atomic E-state index is 13.8. The number of nitrogens with one attached hydrogen (secondary N) is 1. The molecule has 2 aliphatic heterocycles. The van der Waals surface area contributed by atoms with Gasteiger partial charge in [0, 0.05) is 30.3 Å². The molecule has 3 unspecified atom stereocenters. The molecule has 0 saturated heterocycles. The summed E-state index contributed by atoms with van der Waals surface area (Å²) in [6, 6.07) is 18.6. The van der Waals surface area contributed by atoms with Crippen LogP contribution in [0.3, 0.4) is 0 Å². The van der Waals surface area contributed by atoms with Crippen LogP contribution in [0.5, 0.6) is 0 Å². The smallest absolute Gasteiger partial charge is 0.323 e. The van der Waals surface area contributed by atoms with Gasteiger partial charge in [0.1, 0.15) is 11.7 Å². The molecule has 8 heteroatoms. The number of hydrogen-bond donors (Lipinski definition) is 2. The minimum Gasteiger partial charge on any atom is -0.335 e. The molecule has 5 rings (SSSR count). The Bertz CT molecular complexity index is 1240. The monoisotopic (exact) mass is 514 g/mol. The molecule has 0 bridgehead atoms. The number of aliphatic imine (C=N–C) groups is 2. The van der Waals surface area contributed by atoms with E-state index in [1.165, 1.54) is 0 Å². The Morgan fingerprint density at radius 2 is 1.39 bits per heavy atom. The molecular formula is C30H38N6O2. The zero-order valence-corrected chi connectivity index (χ0v) is 22.6. The van der Waals surface area contributed by atoms with Crippen molar-refractivity contribution in [3.8, 4) is 0 Å². The molecular weight excluding hydrogens is 476 g/mol. The Morgan fingerprint density at radius 3 is 1.97 bits per heavy atom. The quantitative estimate of drug-likeness (QED) is 0.636. The summed E-state index contributed by atoms with van der Waals surface area (Å²) in [5.41, 5.74) is 8.07. The topological polar surface area (TPSA) is 103 Å². The Hall–Kier alpha value is -3.52. The fourth-order valence-corrected chi connectivity index (χ4v) is 6.57. The number of carbonyl (C=O) groups excluding carboxylic acids is 2. The van der Waals surface area contributed by atoms with E-state index in [1.54, 1.807) is 9.80 Å². The highest BCUT2D eigenvalue weighted by Crippen LogP contribution is 2.48. The minimum atomic E-state index is -0.707. The van der Waals surface area contributed by atoms with Gasteiger partial charge in [-0.05, 0) is 30.1 Å². The average molecular weight is 515 g/mol. The normalized spacial score (nSPS) is 25.5. The molecule has 1 saturated carbocycles. The van der Waals surface area contributed by atoms with Gasteiger partial charge in [0.05, 0.1) is 19.1 Å². The molecule has 3 atom stereocenters. The van der Waals surface area contributed by atoms with Gasteiger partial charge >= 0.3 is 6.03 Å². The van der Waals surface area contributed by atoms with Crippen LogP contribution >= 0.6 is 0 Å². The molecule has 0 aromatic heterocycles. The summed E-state index contributed by atoms with van der Waals surface area (Å²) in [7, 11) is 0. The SMILES string of the molecule is CC1(C)CC(NC(=O)N2CCN=C2c2ccccc2)CC(C)(C(N)C(=O)N2CCN=C2c2ccccc2)C1. The summed E-state index contributed by atoms with van der Waals surface area (Å²) < 4.78 is 0. The molecule has 3 amide bonds. The summed E-state index contributed by atoms with van der Waals surface area (Å²) in [6.07, 6.45) is 2.25. The van der Waals surface area contributed by atoms with Crippen molar-refractivity contribution in [2.24, 2.45) is 26.5 Å². The molecule has 2 aromatic rings. The van der Waals surface area contributed by atoms with Crippen molar-refractivity contribution >= 4 is 23.6 Å². The third kappa shape index (κ3) is 5.23. The first-order valence-corrected chi connectivity index (χ1v) is 13.5. The van der Waals surface area contributed by atoms with Gasteiger partial charge in [0.25, 0.3) is 0 Å². The van der Waals surface area contributed by atoms with Crippen LogP contribution in [0.15, 0.2) is 70.6 Å². The van der Waals surface area contributed by atoms with Crippen molar-refractivity contribution < 1.29 is 9.59 Å². The van der Waals surface area contributed by atoms with Gasteiger partial charge in [-0.25, -0.2) is 4.79 Å². The average Bonchev–Trinajstić information content (AvgIpc) is 3.58. The molecule has 3 aliphatic rings. The molecule has 8 nitrogen and oxygen atoms in total. The van der Waals surface area contributed by atoms with E-state index >= 15 is 0 Å². The zero-order valence-electron chi connectivity index (χ0n) is 22.6. The predicted octanol–water partition coefficient (Wildman–Crippen LogP) is 3.66. The summed E-state index contributed by atoms with van der Waals surface area (Å²) in [6.45, 7) is 8.74. The molecule has 1 aliphatic carbocycles. The third-order valence-electron chi connectivity index (χ3n) is 8.00. The lowest BCUT2D eigenvalue weighted by atomic mass is 9.59. The Balaban J connectivity index is 1.30. The van der Waals surface area contributed by atoms with E-state index in [9.17, 15) is 9.59 Å². The van der Waals surface area contributed by atoms with Crippen LogP contribution in [0.25, 0.3) is 0 Å². The molecule has 0 radical (unpaired) electrons. The van der Waals surface area contributed by atoms with E-state index in [4.69, 9.17) is 5.73 Å². The van der Waals surface area contributed by atoms with E-state index < -0.39 is 11.5 Å². The molecule has 2 aromatic carbocycles. The molecule has 2 heterocycles. The summed E-state index contributed by atoms with van der Waals surface area (Å²) in [5.74, 6) is 1.29. The Labute approximate surface area is 225 Å². The molecule has 3 N–H and O–H groups in total. The second kappa shape index (κ2) is 10.3. The van der Waals surface area contributed by atoms with Crippen molar-refractivity contribution in [2.75, 3.05) is 26.2 Å². The summed E-state index contributed by atoms with van der Waals surface area (Å²) in [4.78, 5) is 39.9. The van der Waals surface area contributed by atoms with Crippen LogP contribution in [0.2, 0.25) is 0 Å². The predicted molar refractivity (Wildman–Crippen MR) is 150 cm³/mol.